The van der Waals surface area contributed by atoms with E-state index in [-0.39, 0.29) is 16.3 Å². The molecule has 0 aromatic heterocycles. The minimum atomic E-state index is -3.39. The molecule has 7 nitrogen and oxygen atoms in total. The van der Waals surface area contributed by atoms with Gasteiger partial charge in [-0.05, 0) is 34.9 Å². The van der Waals surface area contributed by atoms with Crippen LogP contribution in [-0.2, 0) is 19.4 Å². The predicted octanol–water partition coefficient (Wildman–Crippen LogP) is 4.51. The highest BCUT2D eigenvalue weighted by atomic mass is 32.2. The normalized spacial score (nSPS) is 15.2. The highest BCUT2D eigenvalue weighted by Crippen LogP contribution is 2.41. The van der Waals surface area contributed by atoms with Crippen molar-refractivity contribution < 1.29 is 22.9 Å². The van der Waals surface area contributed by atoms with Crippen LogP contribution in [0.4, 0.5) is 5.69 Å². The summed E-state index contributed by atoms with van der Waals surface area (Å²) in [4.78, 5) is 23.6. The van der Waals surface area contributed by atoms with Crippen LogP contribution in [0.3, 0.4) is 0 Å². The standard InChI is InChI=1S/C24H17NO6S/c1-32(29,30)20-12-10-18(11-13-20)22-21(15-16-6-5-9-19(14-16)25(27)28)31-24(26)23(22)17-7-3-2-4-8-17/h2-15H,1H3/b21-15-. The van der Waals surface area contributed by atoms with Crippen LogP contribution in [0.25, 0.3) is 17.2 Å². The molecule has 3 aromatic rings. The predicted molar refractivity (Wildman–Crippen MR) is 120 cm³/mol. The summed E-state index contributed by atoms with van der Waals surface area (Å²) in [6.07, 6.45) is 2.67. The van der Waals surface area contributed by atoms with Crippen LogP contribution in [0.2, 0.25) is 0 Å². The Morgan fingerprint density at radius 3 is 2.16 bits per heavy atom. The topological polar surface area (TPSA) is 104 Å². The highest BCUT2D eigenvalue weighted by Gasteiger charge is 2.32. The largest absolute Gasteiger partial charge is 0.422 e. The SMILES string of the molecule is CS(=O)(=O)c1ccc(C2=C(c3ccccc3)C(=O)O/C2=C\c2cccc([N+](=O)[O-])c2)cc1. The first-order valence-corrected chi connectivity index (χ1v) is 11.4. The minimum Gasteiger partial charge on any atom is -0.422 e. The van der Waals surface area contributed by atoms with E-state index in [1.165, 1.54) is 24.3 Å². The Hall–Kier alpha value is -4.04. The first-order chi connectivity index (χ1) is 15.2. The molecule has 0 bridgehead atoms. The number of esters is 1. The Balaban J connectivity index is 1.91. The van der Waals surface area contributed by atoms with Crippen molar-refractivity contribution in [3.8, 4) is 0 Å². The van der Waals surface area contributed by atoms with Gasteiger partial charge in [-0.1, -0.05) is 54.6 Å². The fourth-order valence-electron chi connectivity index (χ4n) is 3.43. The summed E-state index contributed by atoms with van der Waals surface area (Å²) in [5, 5.41) is 11.1. The van der Waals surface area contributed by atoms with Crippen LogP contribution in [0, 0.1) is 10.1 Å². The number of carbonyl (C=O) groups excluding carboxylic acids is 1. The van der Waals surface area contributed by atoms with E-state index >= 15 is 0 Å². The third kappa shape index (κ3) is 4.21. The molecule has 0 amide bonds. The average Bonchev–Trinajstić information content (AvgIpc) is 3.09. The monoisotopic (exact) mass is 447 g/mol. The maximum absolute atomic E-state index is 12.8. The first kappa shape index (κ1) is 21.2. The van der Waals surface area contributed by atoms with E-state index in [9.17, 15) is 23.3 Å². The molecule has 0 radical (unpaired) electrons. The molecule has 32 heavy (non-hydrogen) atoms. The molecule has 0 fully saturated rings. The van der Waals surface area contributed by atoms with Gasteiger partial charge in [0.15, 0.2) is 9.84 Å². The average molecular weight is 447 g/mol. The Labute approximate surface area is 184 Å². The number of carbonyl (C=O) groups is 1. The number of hydrogen-bond acceptors (Lipinski definition) is 6. The molecule has 8 heteroatoms. The maximum atomic E-state index is 12.8. The number of nitrogens with zero attached hydrogens (tertiary/aromatic N) is 1. The molecule has 1 heterocycles. The summed E-state index contributed by atoms with van der Waals surface area (Å²) in [5.41, 5.74) is 2.43. The number of allylic oxidation sites excluding steroid dienone is 1. The number of benzene rings is 3. The smallest absolute Gasteiger partial charge is 0.344 e. The van der Waals surface area contributed by atoms with Crippen molar-refractivity contribution in [2.75, 3.05) is 6.26 Å². The van der Waals surface area contributed by atoms with Crippen LogP contribution in [-0.4, -0.2) is 25.6 Å². The zero-order chi connectivity index (χ0) is 22.9. The van der Waals surface area contributed by atoms with Gasteiger partial charge in [0, 0.05) is 24.0 Å². The molecule has 0 saturated carbocycles. The highest BCUT2D eigenvalue weighted by molar-refractivity contribution is 7.90. The van der Waals surface area contributed by atoms with Crippen LogP contribution >= 0.6 is 0 Å². The number of sulfone groups is 1. The lowest BCUT2D eigenvalue weighted by Gasteiger charge is -2.08. The van der Waals surface area contributed by atoms with Gasteiger partial charge in [0.2, 0.25) is 0 Å². The van der Waals surface area contributed by atoms with Gasteiger partial charge in [-0.25, -0.2) is 13.2 Å². The van der Waals surface area contributed by atoms with Crippen LogP contribution in [0.1, 0.15) is 16.7 Å². The number of rotatable bonds is 5. The summed E-state index contributed by atoms with van der Waals surface area (Å²) >= 11 is 0. The molecule has 0 saturated heterocycles. The maximum Gasteiger partial charge on any atom is 0.344 e. The van der Waals surface area contributed by atoms with Gasteiger partial charge in [-0.2, -0.15) is 0 Å². The van der Waals surface area contributed by atoms with E-state index < -0.39 is 20.7 Å². The van der Waals surface area contributed by atoms with Crippen LogP contribution in [0.15, 0.2) is 89.5 Å². The molecule has 0 spiro atoms. The first-order valence-electron chi connectivity index (χ1n) is 9.53. The Morgan fingerprint density at radius 1 is 0.875 bits per heavy atom. The number of nitro groups is 1. The Kier molecular flexibility index (Phi) is 5.46. The van der Waals surface area contributed by atoms with Gasteiger partial charge in [-0.3, -0.25) is 10.1 Å². The van der Waals surface area contributed by atoms with E-state index in [0.717, 1.165) is 6.26 Å². The van der Waals surface area contributed by atoms with Crippen molar-refractivity contribution in [3.05, 3.63) is 111 Å². The molecular weight excluding hydrogens is 430 g/mol. The quantitative estimate of drug-likeness (QED) is 0.324. The molecule has 3 aromatic carbocycles. The number of hydrogen-bond donors (Lipinski definition) is 0. The molecule has 0 unspecified atom stereocenters. The van der Waals surface area contributed by atoms with Crippen molar-refractivity contribution in [2.45, 2.75) is 4.90 Å². The number of non-ortho nitro benzene ring substituents is 1. The molecule has 0 N–H and O–H groups in total. The molecule has 0 atom stereocenters. The molecule has 160 valence electrons. The Morgan fingerprint density at radius 2 is 1.53 bits per heavy atom. The van der Waals surface area contributed by atoms with Crippen molar-refractivity contribution in [1.29, 1.82) is 0 Å². The second-order valence-electron chi connectivity index (χ2n) is 7.16. The van der Waals surface area contributed by atoms with E-state index in [1.807, 2.05) is 6.07 Å². The van der Waals surface area contributed by atoms with E-state index in [1.54, 1.807) is 54.6 Å². The van der Waals surface area contributed by atoms with Gasteiger partial charge < -0.3 is 4.74 Å². The number of cyclic esters (lactones) is 1. The van der Waals surface area contributed by atoms with E-state index in [4.69, 9.17) is 4.74 Å². The second kappa shape index (κ2) is 8.24. The summed E-state index contributed by atoms with van der Waals surface area (Å²) in [5.74, 6) is -0.337. The zero-order valence-electron chi connectivity index (χ0n) is 16.9. The number of nitro benzene ring substituents is 1. The minimum absolute atomic E-state index is 0.0880. The van der Waals surface area contributed by atoms with Gasteiger partial charge in [0.25, 0.3) is 5.69 Å². The fourth-order valence-corrected chi connectivity index (χ4v) is 4.06. The van der Waals surface area contributed by atoms with Gasteiger partial charge in [-0.15, -0.1) is 0 Å². The second-order valence-corrected chi connectivity index (χ2v) is 9.18. The summed E-state index contributed by atoms with van der Waals surface area (Å²) in [6.45, 7) is 0. The van der Waals surface area contributed by atoms with Crippen molar-refractivity contribution in [1.82, 2.24) is 0 Å². The lowest BCUT2D eigenvalue weighted by molar-refractivity contribution is -0.384. The Bertz CT molecular complexity index is 1390. The molecule has 1 aliphatic rings. The molecule has 4 rings (SSSR count). The summed E-state index contributed by atoms with van der Waals surface area (Å²) in [7, 11) is -3.39. The van der Waals surface area contributed by atoms with Crippen molar-refractivity contribution in [2.24, 2.45) is 0 Å². The van der Waals surface area contributed by atoms with Gasteiger partial charge in [0.1, 0.15) is 5.76 Å². The third-order valence-corrected chi connectivity index (χ3v) is 6.04. The third-order valence-electron chi connectivity index (χ3n) is 4.92. The van der Waals surface area contributed by atoms with E-state index in [0.29, 0.717) is 27.8 Å². The van der Waals surface area contributed by atoms with Gasteiger partial charge >= 0.3 is 5.97 Å². The molecule has 0 aliphatic carbocycles. The van der Waals surface area contributed by atoms with Crippen molar-refractivity contribution in [3.63, 3.8) is 0 Å². The van der Waals surface area contributed by atoms with Crippen molar-refractivity contribution >= 4 is 38.7 Å². The lowest BCUT2D eigenvalue weighted by atomic mass is 9.94. The molecule has 1 aliphatic heterocycles. The molecular formula is C24H17NO6S. The number of ether oxygens (including phenoxy) is 1. The summed E-state index contributed by atoms with van der Waals surface area (Å²) in [6, 6.07) is 21.1. The van der Waals surface area contributed by atoms with E-state index in [2.05, 4.69) is 0 Å². The fraction of sp³-hybridized carbons (Fsp3) is 0.0417. The lowest BCUT2D eigenvalue weighted by Crippen LogP contribution is -1.98. The zero-order valence-corrected chi connectivity index (χ0v) is 17.7. The summed E-state index contributed by atoms with van der Waals surface area (Å²) < 4.78 is 29.2. The van der Waals surface area contributed by atoms with Crippen LogP contribution in [0.5, 0.6) is 0 Å². The van der Waals surface area contributed by atoms with Gasteiger partial charge in [0.05, 0.1) is 15.4 Å². The van der Waals surface area contributed by atoms with Crippen LogP contribution < -0.4 is 0 Å².